The molecule has 0 saturated heterocycles. The Bertz CT molecular complexity index is 1460. The zero-order valence-electron chi connectivity index (χ0n) is 22.2. The minimum atomic E-state index is -3.28. The number of hydrogen-bond donors (Lipinski definition) is 1. The Balaban J connectivity index is 1.56. The Morgan fingerprint density at radius 3 is 2.55 bits per heavy atom. The Labute approximate surface area is 228 Å². The number of nitrogens with one attached hydrogen (secondary N) is 1. The van der Waals surface area contributed by atoms with Crippen molar-refractivity contribution in [1.82, 2.24) is 9.97 Å². The molecule has 2 heterocycles. The van der Waals surface area contributed by atoms with Crippen molar-refractivity contribution in [2.24, 2.45) is 0 Å². The standard InChI is InChI=1S/C28H32ClN3O5S/c1-6-38(34,35)20-9-7-18(8-10-20)14-24(33)32-23-13-17(2)25-21(31-23)11-12-28(3,27(25)37-5)26-22(36-4)15-19(29)16-30-26/h7-10,13,15-16,27H,6,11-12,14H2,1-5H3,(H,31,32,33). The third kappa shape index (κ3) is 5.41. The predicted octanol–water partition coefficient (Wildman–Crippen LogP) is 5.01. The molecule has 1 aliphatic carbocycles. The summed E-state index contributed by atoms with van der Waals surface area (Å²) in [5.41, 5.74) is 3.80. The fourth-order valence-corrected chi connectivity index (χ4v) is 6.20. The first-order valence-corrected chi connectivity index (χ1v) is 14.4. The number of ether oxygens (including phenoxy) is 2. The van der Waals surface area contributed by atoms with Crippen LogP contribution < -0.4 is 10.1 Å². The summed E-state index contributed by atoms with van der Waals surface area (Å²) in [5, 5.41) is 3.39. The van der Waals surface area contributed by atoms with Crippen molar-refractivity contribution >= 4 is 33.2 Å². The fourth-order valence-electron chi connectivity index (χ4n) is 5.17. The van der Waals surface area contributed by atoms with E-state index in [1.807, 2.05) is 13.0 Å². The van der Waals surface area contributed by atoms with E-state index in [0.29, 0.717) is 35.0 Å². The van der Waals surface area contributed by atoms with E-state index < -0.39 is 15.3 Å². The highest BCUT2D eigenvalue weighted by atomic mass is 35.5. The highest BCUT2D eigenvalue weighted by Crippen LogP contribution is 2.50. The first-order chi connectivity index (χ1) is 18.0. The molecule has 0 radical (unpaired) electrons. The zero-order valence-corrected chi connectivity index (χ0v) is 23.7. The van der Waals surface area contributed by atoms with Crippen LogP contribution in [0.4, 0.5) is 5.82 Å². The number of pyridine rings is 2. The summed E-state index contributed by atoms with van der Waals surface area (Å²) in [6.45, 7) is 5.69. The van der Waals surface area contributed by atoms with E-state index in [1.165, 1.54) is 12.1 Å². The number of benzene rings is 1. The quantitative estimate of drug-likeness (QED) is 0.414. The van der Waals surface area contributed by atoms with Gasteiger partial charge in [0.25, 0.3) is 0 Å². The van der Waals surface area contributed by atoms with Crippen molar-refractivity contribution in [1.29, 1.82) is 0 Å². The van der Waals surface area contributed by atoms with Gasteiger partial charge in [-0.05, 0) is 49.1 Å². The maximum absolute atomic E-state index is 12.8. The Hall–Kier alpha value is -3.01. The summed E-state index contributed by atoms with van der Waals surface area (Å²) < 4.78 is 35.7. The van der Waals surface area contributed by atoms with E-state index in [2.05, 4.69) is 17.2 Å². The number of methoxy groups -OCH3 is 2. The number of carbonyl (C=O) groups is 1. The molecule has 1 N–H and O–H groups in total. The first-order valence-electron chi connectivity index (χ1n) is 12.4. The second kappa shape index (κ2) is 11.0. The number of rotatable bonds is 8. The van der Waals surface area contributed by atoms with Crippen molar-refractivity contribution in [3.8, 4) is 5.75 Å². The van der Waals surface area contributed by atoms with E-state index >= 15 is 0 Å². The molecule has 202 valence electrons. The monoisotopic (exact) mass is 557 g/mol. The number of fused-ring (bicyclic) bond motifs is 1. The number of hydrogen-bond acceptors (Lipinski definition) is 7. The zero-order chi connectivity index (χ0) is 27.7. The lowest BCUT2D eigenvalue weighted by Gasteiger charge is -2.42. The molecule has 0 saturated carbocycles. The molecule has 2 aromatic heterocycles. The lowest BCUT2D eigenvalue weighted by Crippen LogP contribution is -2.38. The van der Waals surface area contributed by atoms with Crippen molar-refractivity contribution in [2.75, 3.05) is 25.3 Å². The van der Waals surface area contributed by atoms with Crippen molar-refractivity contribution in [3.63, 3.8) is 0 Å². The van der Waals surface area contributed by atoms with E-state index in [0.717, 1.165) is 22.5 Å². The predicted molar refractivity (Wildman–Crippen MR) is 147 cm³/mol. The number of anilines is 1. The Morgan fingerprint density at radius 2 is 1.92 bits per heavy atom. The molecule has 38 heavy (non-hydrogen) atoms. The molecule has 0 fully saturated rings. The van der Waals surface area contributed by atoms with E-state index in [1.54, 1.807) is 45.5 Å². The van der Waals surface area contributed by atoms with Crippen LogP contribution in [-0.2, 0) is 37.6 Å². The number of carbonyl (C=O) groups excluding carboxylic acids is 1. The maximum atomic E-state index is 12.8. The SMILES string of the molecule is CCS(=O)(=O)c1ccc(CC(=O)Nc2cc(C)c3c(n2)CCC(C)(c2ncc(Cl)cc2OC)C3OC)cc1. The number of halogens is 1. The van der Waals surface area contributed by atoms with Crippen LogP contribution in [0.2, 0.25) is 5.02 Å². The molecule has 0 bridgehead atoms. The molecule has 0 aliphatic heterocycles. The molecule has 1 aromatic carbocycles. The van der Waals surface area contributed by atoms with Crippen LogP contribution in [0, 0.1) is 6.92 Å². The van der Waals surface area contributed by atoms with Gasteiger partial charge in [0.05, 0.1) is 41.0 Å². The third-order valence-corrected chi connectivity index (χ3v) is 9.13. The maximum Gasteiger partial charge on any atom is 0.229 e. The van der Waals surface area contributed by atoms with Gasteiger partial charge in [0, 0.05) is 36.0 Å². The molecule has 3 aromatic rings. The van der Waals surface area contributed by atoms with Gasteiger partial charge in [0.1, 0.15) is 11.6 Å². The van der Waals surface area contributed by atoms with Crippen LogP contribution in [0.3, 0.4) is 0 Å². The van der Waals surface area contributed by atoms with E-state index in [-0.39, 0.29) is 29.1 Å². The topological polar surface area (TPSA) is 107 Å². The van der Waals surface area contributed by atoms with Gasteiger partial charge < -0.3 is 14.8 Å². The molecule has 1 amide bonds. The summed E-state index contributed by atoms with van der Waals surface area (Å²) in [6.07, 6.45) is 2.76. The van der Waals surface area contributed by atoms with Gasteiger partial charge >= 0.3 is 0 Å². The summed E-state index contributed by atoms with van der Waals surface area (Å²) in [4.78, 5) is 22.4. The summed E-state index contributed by atoms with van der Waals surface area (Å²) in [6, 6.07) is 10.0. The summed E-state index contributed by atoms with van der Waals surface area (Å²) in [5.74, 6) is 0.877. The number of aryl methyl sites for hydroxylation is 2. The molecule has 10 heteroatoms. The van der Waals surface area contributed by atoms with E-state index in [9.17, 15) is 13.2 Å². The first kappa shape index (κ1) is 28.0. The molecular weight excluding hydrogens is 526 g/mol. The molecule has 4 rings (SSSR count). The highest BCUT2D eigenvalue weighted by molar-refractivity contribution is 7.91. The number of nitrogens with zero attached hydrogens (tertiary/aromatic N) is 2. The van der Waals surface area contributed by atoms with E-state index in [4.69, 9.17) is 26.1 Å². The highest BCUT2D eigenvalue weighted by Gasteiger charge is 2.45. The molecular formula is C28H32ClN3O5S. The lowest BCUT2D eigenvalue weighted by atomic mass is 9.68. The smallest absolute Gasteiger partial charge is 0.229 e. The minimum absolute atomic E-state index is 0.0308. The van der Waals surface area contributed by atoms with Crippen molar-refractivity contribution in [3.05, 3.63) is 75.7 Å². The minimum Gasteiger partial charge on any atom is -0.495 e. The van der Waals surface area contributed by atoms with Gasteiger partial charge in [-0.1, -0.05) is 37.6 Å². The molecule has 1 aliphatic rings. The van der Waals surface area contributed by atoms with Gasteiger partial charge in [0.2, 0.25) is 5.91 Å². The molecule has 0 spiro atoms. The average Bonchev–Trinajstić information content (AvgIpc) is 2.89. The lowest BCUT2D eigenvalue weighted by molar-refractivity contribution is -0.115. The summed E-state index contributed by atoms with van der Waals surface area (Å²) in [7, 11) is -0.00966. The van der Waals surface area contributed by atoms with Crippen LogP contribution in [0.5, 0.6) is 5.75 Å². The van der Waals surface area contributed by atoms with Gasteiger partial charge in [-0.15, -0.1) is 0 Å². The summed E-state index contributed by atoms with van der Waals surface area (Å²) >= 11 is 6.15. The fraction of sp³-hybridized carbons (Fsp3) is 0.393. The number of sulfone groups is 1. The number of amides is 1. The normalized spacial score (nSPS) is 19.1. The van der Waals surface area contributed by atoms with Crippen LogP contribution in [0.15, 0.2) is 47.5 Å². The Kier molecular flexibility index (Phi) is 8.11. The van der Waals surface area contributed by atoms with Crippen LogP contribution in [-0.4, -0.2) is 44.3 Å². The van der Waals surface area contributed by atoms with Gasteiger partial charge in [-0.2, -0.15) is 0 Å². The second-order valence-corrected chi connectivity index (χ2v) is 12.4. The van der Waals surface area contributed by atoms with Crippen LogP contribution >= 0.6 is 11.6 Å². The van der Waals surface area contributed by atoms with Gasteiger partial charge in [0.15, 0.2) is 9.84 Å². The van der Waals surface area contributed by atoms with Crippen molar-refractivity contribution in [2.45, 2.75) is 56.4 Å². The average molecular weight is 558 g/mol. The Morgan fingerprint density at radius 1 is 1.21 bits per heavy atom. The number of aromatic nitrogens is 2. The molecule has 2 atom stereocenters. The molecule has 8 nitrogen and oxygen atoms in total. The van der Waals surface area contributed by atoms with Gasteiger partial charge in [-0.3, -0.25) is 9.78 Å². The third-order valence-electron chi connectivity index (χ3n) is 7.18. The largest absolute Gasteiger partial charge is 0.495 e. The second-order valence-electron chi connectivity index (χ2n) is 9.69. The van der Waals surface area contributed by atoms with Gasteiger partial charge in [-0.25, -0.2) is 13.4 Å². The molecule has 2 unspecified atom stereocenters. The van der Waals surface area contributed by atoms with Crippen molar-refractivity contribution < 1.29 is 22.7 Å². The van der Waals surface area contributed by atoms with Crippen LogP contribution in [0.1, 0.15) is 54.5 Å². The van der Waals surface area contributed by atoms with Crippen LogP contribution in [0.25, 0.3) is 0 Å².